The second-order valence-electron chi connectivity index (χ2n) is 11.0. The largest absolute Gasteiger partial charge is 0.490 e. The van der Waals surface area contributed by atoms with Gasteiger partial charge in [-0.3, -0.25) is 9.59 Å². The molecule has 0 radical (unpaired) electrons. The van der Waals surface area contributed by atoms with Crippen molar-refractivity contribution in [3.63, 3.8) is 0 Å². The van der Waals surface area contributed by atoms with Gasteiger partial charge < -0.3 is 30.2 Å². The number of H-pyrrole nitrogens is 1. The molecule has 4 aromatic rings. The SMILES string of the molecule is CC(C)(CNC(=O)COc1ccc(C2=NNC(=O)CC2)cc1Cl)NCC(O)COc1ccc(Br)c2[nH]c3ccccc3c12. The van der Waals surface area contributed by atoms with Crippen molar-refractivity contribution in [2.45, 2.75) is 38.3 Å². The number of aromatic amines is 1. The van der Waals surface area contributed by atoms with E-state index < -0.39 is 11.6 Å². The fourth-order valence-electron chi connectivity index (χ4n) is 4.71. The average molecular weight is 671 g/mol. The van der Waals surface area contributed by atoms with E-state index >= 15 is 0 Å². The topological polar surface area (TPSA) is 137 Å². The van der Waals surface area contributed by atoms with Crippen molar-refractivity contribution in [1.29, 1.82) is 0 Å². The summed E-state index contributed by atoms with van der Waals surface area (Å²) < 4.78 is 12.6. The van der Waals surface area contributed by atoms with Crippen molar-refractivity contribution in [1.82, 2.24) is 21.0 Å². The quantitative estimate of drug-likeness (QED) is 0.149. The van der Waals surface area contributed by atoms with Crippen LogP contribution in [0.2, 0.25) is 5.02 Å². The third-order valence-corrected chi connectivity index (χ3v) is 8.03. The van der Waals surface area contributed by atoms with Crippen molar-refractivity contribution in [3.8, 4) is 11.5 Å². The number of aromatic nitrogens is 1. The zero-order valence-corrected chi connectivity index (χ0v) is 26.1. The Morgan fingerprint density at radius 1 is 1.14 bits per heavy atom. The first-order chi connectivity index (χ1) is 20.6. The summed E-state index contributed by atoms with van der Waals surface area (Å²) in [7, 11) is 0. The van der Waals surface area contributed by atoms with Crippen LogP contribution in [0.3, 0.4) is 0 Å². The maximum absolute atomic E-state index is 12.5. The number of nitrogens with one attached hydrogen (secondary N) is 4. The van der Waals surface area contributed by atoms with Gasteiger partial charge in [0.05, 0.1) is 21.6 Å². The summed E-state index contributed by atoms with van der Waals surface area (Å²) in [6, 6.07) is 17.0. The minimum atomic E-state index is -0.775. The lowest BCUT2D eigenvalue weighted by Crippen LogP contribution is -2.52. The summed E-state index contributed by atoms with van der Waals surface area (Å²) in [6.07, 6.45) is 0.120. The Kier molecular flexibility index (Phi) is 9.55. The molecule has 1 aromatic heterocycles. The molecule has 2 heterocycles. The summed E-state index contributed by atoms with van der Waals surface area (Å²) >= 11 is 9.95. The van der Waals surface area contributed by atoms with Crippen molar-refractivity contribution in [2.75, 3.05) is 26.3 Å². The number of hydrogen-bond acceptors (Lipinski definition) is 7. The maximum Gasteiger partial charge on any atom is 0.258 e. The lowest BCUT2D eigenvalue weighted by Gasteiger charge is -2.28. The van der Waals surface area contributed by atoms with E-state index in [2.05, 4.69) is 42.1 Å². The summed E-state index contributed by atoms with van der Waals surface area (Å²) in [6.45, 7) is 4.32. The second kappa shape index (κ2) is 13.3. The van der Waals surface area contributed by atoms with Crippen molar-refractivity contribution < 1.29 is 24.2 Å². The third-order valence-electron chi connectivity index (χ3n) is 7.08. The van der Waals surface area contributed by atoms with E-state index in [-0.39, 0.29) is 31.6 Å². The van der Waals surface area contributed by atoms with E-state index in [0.717, 1.165) is 37.6 Å². The molecule has 1 aliphatic heterocycles. The highest BCUT2D eigenvalue weighted by molar-refractivity contribution is 9.10. The average Bonchev–Trinajstić information content (AvgIpc) is 3.39. The molecule has 3 aromatic carbocycles. The maximum atomic E-state index is 12.5. The minimum absolute atomic E-state index is 0.0983. The zero-order chi connectivity index (χ0) is 30.6. The highest BCUT2D eigenvalue weighted by atomic mass is 79.9. The van der Waals surface area contributed by atoms with Crippen LogP contribution < -0.4 is 25.5 Å². The molecule has 0 aliphatic carbocycles. The number of ether oxygens (including phenoxy) is 2. The molecule has 226 valence electrons. The molecule has 12 heteroatoms. The van der Waals surface area contributed by atoms with Crippen molar-refractivity contribution in [2.24, 2.45) is 5.10 Å². The van der Waals surface area contributed by atoms with E-state index in [1.54, 1.807) is 18.2 Å². The monoisotopic (exact) mass is 669 g/mol. The molecular weight excluding hydrogens is 638 g/mol. The van der Waals surface area contributed by atoms with Crippen molar-refractivity contribution >= 4 is 66.9 Å². The molecule has 5 N–H and O–H groups in total. The molecule has 5 rings (SSSR count). The molecule has 2 amide bonds. The number of fused-ring (bicyclic) bond motifs is 3. The highest BCUT2D eigenvalue weighted by Crippen LogP contribution is 2.37. The van der Waals surface area contributed by atoms with E-state index in [4.69, 9.17) is 21.1 Å². The predicted molar refractivity (Wildman–Crippen MR) is 171 cm³/mol. The Morgan fingerprint density at radius 2 is 1.93 bits per heavy atom. The van der Waals surface area contributed by atoms with Crippen LogP contribution in [0.5, 0.6) is 11.5 Å². The Morgan fingerprint density at radius 3 is 2.70 bits per heavy atom. The fraction of sp³-hybridized carbons (Fsp3) is 0.323. The molecule has 1 unspecified atom stereocenters. The predicted octanol–water partition coefficient (Wildman–Crippen LogP) is 4.65. The molecule has 0 saturated carbocycles. The van der Waals surface area contributed by atoms with E-state index in [1.807, 2.05) is 50.2 Å². The smallest absolute Gasteiger partial charge is 0.258 e. The Labute approximate surface area is 262 Å². The van der Waals surface area contributed by atoms with E-state index in [0.29, 0.717) is 35.9 Å². The number of carbonyl (C=O) groups excluding carboxylic acids is 2. The number of hydrogen-bond donors (Lipinski definition) is 5. The number of carbonyl (C=O) groups is 2. The minimum Gasteiger partial charge on any atom is -0.490 e. The molecule has 10 nitrogen and oxygen atoms in total. The van der Waals surface area contributed by atoms with Crippen LogP contribution in [-0.4, -0.2) is 65.6 Å². The molecular formula is C31H33BrClN5O5. The molecule has 0 saturated heterocycles. The third kappa shape index (κ3) is 7.66. The van der Waals surface area contributed by atoms with Crippen LogP contribution in [0.15, 0.2) is 64.2 Å². The number of para-hydroxylation sites is 1. The number of aliphatic hydroxyl groups excluding tert-OH is 1. The summed E-state index contributed by atoms with van der Waals surface area (Å²) in [5.41, 5.74) is 5.42. The van der Waals surface area contributed by atoms with Gasteiger partial charge in [0.25, 0.3) is 5.91 Å². The lowest BCUT2D eigenvalue weighted by molar-refractivity contribution is -0.123. The molecule has 43 heavy (non-hydrogen) atoms. The molecule has 1 atom stereocenters. The Balaban J connectivity index is 1.06. The molecule has 0 bridgehead atoms. The van der Waals surface area contributed by atoms with E-state index in [9.17, 15) is 14.7 Å². The number of halogens is 2. The number of nitrogens with zero attached hydrogens (tertiary/aromatic N) is 1. The summed E-state index contributed by atoms with van der Waals surface area (Å²) in [5, 5.41) is 23.2. The Bertz CT molecular complexity index is 1690. The molecule has 0 fully saturated rings. The van der Waals surface area contributed by atoms with Crippen LogP contribution in [0.25, 0.3) is 21.8 Å². The fourth-order valence-corrected chi connectivity index (χ4v) is 5.37. The van der Waals surface area contributed by atoms with Crippen LogP contribution in [0.1, 0.15) is 32.3 Å². The van der Waals surface area contributed by atoms with Crippen LogP contribution in [-0.2, 0) is 9.59 Å². The van der Waals surface area contributed by atoms with Gasteiger partial charge in [-0.1, -0.05) is 29.8 Å². The first-order valence-electron chi connectivity index (χ1n) is 13.9. The number of β-amino-alcohol motifs (C(OH)–C–C–N with tert-alkyl or cyclic N) is 1. The van der Waals surface area contributed by atoms with Gasteiger partial charge in [-0.05, 0) is 71.7 Å². The number of aliphatic hydroxyl groups is 1. The van der Waals surface area contributed by atoms with Gasteiger partial charge in [0.1, 0.15) is 24.2 Å². The van der Waals surface area contributed by atoms with Gasteiger partial charge >= 0.3 is 0 Å². The summed E-state index contributed by atoms with van der Waals surface area (Å²) in [5.74, 6) is 0.633. The van der Waals surface area contributed by atoms with Gasteiger partial charge in [0.15, 0.2) is 6.61 Å². The molecule has 0 spiro atoms. The number of hydrazone groups is 1. The van der Waals surface area contributed by atoms with Gasteiger partial charge in [0, 0.05) is 46.8 Å². The van der Waals surface area contributed by atoms with Gasteiger partial charge in [-0.15, -0.1) is 0 Å². The highest BCUT2D eigenvalue weighted by Gasteiger charge is 2.21. The second-order valence-corrected chi connectivity index (χ2v) is 12.3. The van der Waals surface area contributed by atoms with Gasteiger partial charge in [-0.25, -0.2) is 5.43 Å². The normalized spacial score (nSPS) is 14.3. The van der Waals surface area contributed by atoms with Crippen molar-refractivity contribution in [3.05, 3.63) is 69.7 Å². The van der Waals surface area contributed by atoms with Crippen LogP contribution >= 0.6 is 27.5 Å². The van der Waals surface area contributed by atoms with E-state index in [1.165, 1.54) is 0 Å². The zero-order valence-electron chi connectivity index (χ0n) is 23.8. The lowest BCUT2D eigenvalue weighted by atomic mass is 10.0. The first kappa shape index (κ1) is 30.8. The van der Waals surface area contributed by atoms with Gasteiger partial charge in [-0.2, -0.15) is 5.10 Å². The number of amides is 2. The number of rotatable bonds is 12. The number of benzene rings is 3. The standard InChI is InChI=1S/C31H33BrClN5O5/c1-31(2,17-34-28(41)16-43-25-10-7-18(13-22(25)33)23-9-12-27(40)38-37-23)35-14-19(39)15-42-26-11-8-21(32)30-29(26)20-5-3-4-6-24(20)36-30/h3-8,10-11,13,19,35-36,39H,9,12,14-17H2,1-2H3,(H,34,41)(H,38,40). The first-order valence-corrected chi connectivity index (χ1v) is 15.1. The van der Waals surface area contributed by atoms with Crippen LogP contribution in [0, 0.1) is 0 Å². The summed E-state index contributed by atoms with van der Waals surface area (Å²) in [4.78, 5) is 27.2. The Hall–Kier alpha value is -3.64. The van der Waals surface area contributed by atoms with Crippen LogP contribution in [0.4, 0.5) is 0 Å². The van der Waals surface area contributed by atoms with Gasteiger partial charge in [0.2, 0.25) is 5.91 Å². The molecule has 1 aliphatic rings.